The number of nitrogens with zero attached hydrogens (tertiary/aromatic N) is 5. The van der Waals surface area contributed by atoms with Gasteiger partial charge in [0.15, 0.2) is 11.6 Å². The predicted molar refractivity (Wildman–Crippen MR) is 165 cm³/mol. The Morgan fingerprint density at radius 2 is 2.09 bits per heavy atom. The monoisotopic (exact) mass is 656 g/mol. The molecule has 234 valence electrons. The van der Waals surface area contributed by atoms with E-state index in [2.05, 4.69) is 9.88 Å². The number of thiophene rings is 1. The minimum atomic E-state index is -0.937. The van der Waals surface area contributed by atoms with Gasteiger partial charge >= 0.3 is 6.01 Å². The molecular formula is C31H28ClF3N6O3S. The summed E-state index contributed by atoms with van der Waals surface area (Å²) in [6, 6.07) is 4.52. The molecule has 4 aromatic rings. The SMILES string of the molecule is N#Cc1c(N)sc2c(F)ccc(-c3c(Cl)c4c5c(nc(OC[C@@]67CCCN6C[C@H](F)C7)nc5c3F)N([C@@H]3CCOC3)CCO4)c12. The first-order valence-corrected chi connectivity index (χ1v) is 16.1. The number of benzene rings is 2. The van der Waals surface area contributed by atoms with Crippen LogP contribution in [0.4, 0.5) is 24.0 Å². The van der Waals surface area contributed by atoms with Crippen LogP contribution in [0.15, 0.2) is 12.1 Å². The van der Waals surface area contributed by atoms with Gasteiger partial charge in [-0.15, -0.1) is 11.3 Å². The molecule has 14 heteroatoms. The zero-order valence-electron chi connectivity index (χ0n) is 24.0. The fraction of sp³-hybridized carbons (Fsp3) is 0.452. The molecular weight excluding hydrogens is 629 g/mol. The fourth-order valence-electron chi connectivity index (χ4n) is 7.51. The number of hydrogen-bond donors (Lipinski definition) is 1. The second-order valence-electron chi connectivity index (χ2n) is 12.1. The van der Waals surface area contributed by atoms with Crippen molar-refractivity contribution >= 4 is 54.7 Å². The predicted octanol–water partition coefficient (Wildman–Crippen LogP) is 5.84. The third-order valence-corrected chi connectivity index (χ3v) is 11.0. The van der Waals surface area contributed by atoms with Gasteiger partial charge in [0.05, 0.1) is 45.4 Å². The highest BCUT2D eigenvalue weighted by atomic mass is 35.5. The van der Waals surface area contributed by atoms with Gasteiger partial charge in [-0.1, -0.05) is 17.7 Å². The van der Waals surface area contributed by atoms with E-state index in [0.717, 1.165) is 37.1 Å². The summed E-state index contributed by atoms with van der Waals surface area (Å²) in [5.41, 5.74) is 5.65. The van der Waals surface area contributed by atoms with Crippen molar-refractivity contribution in [3.63, 3.8) is 0 Å². The van der Waals surface area contributed by atoms with E-state index in [4.69, 9.17) is 36.5 Å². The molecule has 9 nitrogen and oxygen atoms in total. The molecule has 0 saturated carbocycles. The molecule has 2 aromatic heterocycles. The van der Waals surface area contributed by atoms with E-state index in [9.17, 15) is 14.0 Å². The van der Waals surface area contributed by atoms with E-state index < -0.39 is 23.3 Å². The maximum Gasteiger partial charge on any atom is 0.319 e. The number of nitrogens with two attached hydrogens (primary N) is 1. The summed E-state index contributed by atoms with van der Waals surface area (Å²) in [5, 5.41) is 10.4. The number of nitriles is 1. The number of ether oxygens (including phenoxy) is 3. The lowest BCUT2D eigenvalue weighted by atomic mass is 9.95. The van der Waals surface area contributed by atoms with E-state index in [-0.39, 0.29) is 78.7 Å². The van der Waals surface area contributed by atoms with Crippen LogP contribution in [-0.4, -0.2) is 78.7 Å². The molecule has 3 saturated heterocycles. The van der Waals surface area contributed by atoms with E-state index in [1.165, 1.54) is 12.1 Å². The maximum atomic E-state index is 17.0. The quantitative estimate of drug-likeness (QED) is 0.283. The van der Waals surface area contributed by atoms with Crippen LogP contribution in [0.25, 0.3) is 32.1 Å². The number of anilines is 2. The Balaban J connectivity index is 1.34. The van der Waals surface area contributed by atoms with Gasteiger partial charge in [0.25, 0.3) is 0 Å². The van der Waals surface area contributed by atoms with Gasteiger partial charge in [-0.2, -0.15) is 15.2 Å². The Labute approximate surface area is 265 Å². The number of rotatable bonds is 5. The molecule has 0 amide bonds. The lowest BCUT2D eigenvalue weighted by molar-refractivity contribution is 0.107. The molecule has 0 radical (unpaired) electrons. The Kier molecular flexibility index (Phi) is 6.90. The third kappa shape index (κ3) is 4.40. The van der Waals surface area contributed by atoms with Crippen LogP contribution in [0, 0.1) is 23.0 Å². The first-order valence-electron chi connectivity index (χ1n) is 14.9. The van der Waals surface area contributed by atoms with Crippen LogP contribution in [0.2, 0.25) is 5.02 Å². The van der Waals surface area contributed by atoms with Crippen LogP contribution in [0.1, 0.15) is 31.2 Å². The fourth-order valence-corrected chi connectivity index (χ4v) is 8.79. The van der Waals surface area contributed by atoms with Crippen LogP contribution >= 0.6 is 22.9 Å². The smallest absolute Gasteiger partial charge is 0.319 e. The minimum Gasteiger partial charge on any atom is -0.489 e. The van der Waals surface area contributed by atoms with E-state index >= 15 is 4.39 Å². The van der Waals surface area contributed by atoms with Crippen LogP contribution in [0.3, 0.4) is 0 Å². The molecule has 2 aromatic carbocycles. The molecule has 2 N–H and O–H groups in total. The van der Waals surface area contributed by atoms with Gasteiger partial charge in [0.2, 0.25) is 0 Å². The topological polar surface area (TPSA) is 110 Å². The Morgan fingerprint density at radius 3 is 2.89 bits per heavy atom. The number of nitrogen functional groups attached to an aromatic ring is 1. The van der Waals surface area contributed by atoms with Crippen molar-refractivity contribution in [2.45, 2.75) is 43.4 Å². The molecule has 0 spiro atoms. The van der Waals surface area contributed by atoms with Crippen molar-refractivity contribution in [3.8, 4) is 29.0 Å². The van der Waals surface area contributed by atoms with Crippen LogP contribution in [0.5, 0.6) is 11.8 Å². The normalized spacial score (nSPS) is 24.6. The highest BCUT2D eigenvalue weighted by molar-refractivity contribution is 7.23. The number of hydrogen-bond acceptors (Lipinski definition) is 10. The van der Waals surface area contributed by atoms with E-state index in [0.29, 0.717) is 38.5 Å². The van der Waals surface area contributed by atoms with Gasteiger partial charge in [0, 0.05) is 30.5 Å². The summed E-state index contributed by atoms with van der Waals surface area (Å²) in [6.07, 6.45) is 1.89. The van der Waals surface area contributed by atoms with Crippen molar-refractivity contribution in [2.75, 3.05) is 56.7 Å². The van der Waals surface area contributed by atoms with Crippen LogP contribution in [-0.2, 0) is 4.74 Å². The largest absolute Gasteiger partial charge is 0.489 e. The highest BCUT2D eigenvalue weighted by Crippen LogP contribution is 2.51. The lowest BCUT2D eigenvalue weighted by Gasteiger charge is -2.31. The van der Waals surface area contributed by atoms with Crippen molar-refractivity contribution in [1.82, 2.24) is 14.9 Å². The number of alkyl halides is 1. The average Bonchev–Trinajstić information content (AvgIpc) is 3.78. The summed E-state index contributed by atoms with van der Waals surface area (Å²) in [6.45, 7) is 3.00. The van der Waals surface area contributed by atoms with Crippen molar-refractivity contribution in [1.29, 1.82) is 5.26 Å². The lowest BCUT2D eigenvalue weighted by Crippen LogP contribution is -2.43. The highest BCUT2D eigenvalue weighted by Gasteiger charge is 2.49. The Bertz CT molecular complexity index is 1910. The van der Waals surface area contributed by atoms with Crippen molar-refractivity contribution < 1.29 is 27.4 Å². The van der Waals surface area contributed by atoms with Gasteiger partial charge in [-0.25, -0.2) is 13.2 Å². The molecule has 4 aliphatic heterocycles. The number of aromatic nitrogens is 2. The molecule has 6 heterocycles. The van der Waals surface area contributed by atoms with Crippen molar-refractivity contribution in [2.24, 2.45) is 0 Å². The molecule has 0 aliphatic carbocycles. The molecule has 8 rings (SSSR count). The minimum absolute atomic E-state index is 0.0368. The van der Waals surface area contributed by atoms with Gasteiger partial charge in [-0.05, 0) is 37.4 Å². The van der Waals surface area contributed by atoms with Gasteiger partial charge < -0.3 is 24.8 Å². The first kappa shape index (κ1) is 28.9. The summed E-state index contributed by atoms with van der Waals surface area (Å²) in [4.78, 5) is 13.5. The summed E-state index contributed by atoms with van der Waals surface area (Å²) in [7, 11) is 0. The molecule has 3 fully saturated rings. The molecule has 4 aliphatic rings. The first-order chi connectivity index (χ1) is 21.8. The molecule has 3 atom stereocenters. The maximum absolute atomic E-state index is 17.0. The summed E-state index contributed by atoms with van der Waals surface area (Å²) < 4.78 is 64.6. The Hall–Kier alpha value is -3.57. The summed E-state index contributed by atoms with van der Waals surface area (Å²) >= 11 is 7.89. The molecule has 0 bridgehead atoms. The number of halogens is 4. The zero-order chi connectivity index (χ0) is 31.0. The third-order valence-electron chi connectivity index (χ3n) is 9.57. The summed E-state index contributed by atoms with van der Waals surface area (Å²) in [5.74, 6) is -0.798. The number of fused-ring (bicyclic) bond motifs is 2. The zero-order valence-corrected chi connectivity index (χ0v) is 25.6. The second kappa shape index (κ2) is 10.8. The van der Waals surface area contributed by atoms with Crippen molar-refractivity contribution in [3.05, 3.63) is 34.4 Å². The average molecular weight is 657 g/mol. The molecule has 0 unspecified atom stereocenters. The van der Waals surface area contributed by atoms with Crippen LogP contribution < -0.4 is 20.1 Å². The molecule has 45 heavy (non-hydrogen) atoms. The second-order valence-corrected chi connectivity index (χ2v) is 13.5. The standard InChI is InChI=1S/C31H28ClF3N6O3S/c32-23-21(17-2-3-19(34)27-20(17)18(11-36)28(37)45-27)24(35)25-22-26(23)43-9-7-41(16-4-8-42-13-16)29(22)39-30(38-25)44-14-31-5-1-6-40(31)12-15(33)10-31/h2-3,15-16H,1,4-10,12-14,37H2/t15-,16-,31+/m1/s1. The van der Waals surface area contributed by atoms with E-state index in [1.807, 2.05) is 11.0 Å². The van der Waals surface area contributed by atoms with Gasteiger partial charge in [0.1, 0.15) is 47.6 Å². The van der Waals surface area contributed by atoms with E-state index in [1.54, 1.807) is 0 Å². The Morgan fingerprint density at radius 1 is 1.22 bits per heavy atom. The van der Waals surface area contributed by atoms with Gasteiger partial charge in [-0.3, -0.25) is 4.90 Å².